The van der Waals surface area contributed by atoms with E-state index in [4.69, 9.17) is 4.74 Å². The van der Waals surface area contributed by atoms with Crippen LogP contribution in [-0.4, -0.2) is 55.3 Å². The molecule has 2 heterocycles. The van der Waals surface area contributed by atoms with Crippen LogP contribution in [0, 0.1) is 12.8 Å². The van der Waals surface area contributed by atoms with Crippen LogP contribution in [0.1, 0.15) is 24.1 Å². The quantitative estimate of drug-likeness (QED) is 0.548. The molecule has 1 aliphatic rings. The number of piperidine rings is 1. The second-order valence-electron chi connectivity index (χ2n) is 7.45. The van der Waals surface area contributed by atoms with Crippen LogP contribution in [0.15, 0.2) is 38.8 Å². The minimum absolute atomic E-state index is 0.0191. The van der Waals surface area contributed by atoms with Gasteiger partial charge in [0.1, 0.15) is 5.75 Å². The molecule has 0 spiro atoms. The highest BCUT2D eigenvalue weighted by Gasteiger charge is 2.35. The van der Waals surface area contributed by atoms with E-state index in [-0.39, 0.29) is 24.7 Å². The Hall–Kier alpha value is -2.92. The van der Waals surface area contributed by atoms with E-state index in [0.717, 1.165) is 15.6 Å². The van der Waals surface area contributed by atoms with E-state index in [9.17, 15) is 22.8 Å². The summed E-state index contributed by atoms with van der Waals surface area (Å²) in [4.78, 5) is 39.8. The van der Waals surface area contributed by atoms with Crippen molar-refractivity contribution in [1.82, 2.24) is 19.6 Å². The van der Waals surface area contributed by atoms with Crippen molar-refractivity contribution in [2.75, 3.05) is 26.7 Å². The Bertz CT molecular complexity index is 1150. The van der Waals surface area contributed by atoms with Crippen LogP contribution < -0.4 is 21.3 Å². The van der Waals surface area contributed by atoms with Crippen molar-refractivity contribution in [3.05, 3.63) is 56.4 Å². The first-order valence-electron chi connectivity index (χ1n) is 9.96. The van der Waals surface area contributed by atoms with E-state index in [1.165, 1.54) is 6.92 Å². The fourth-order valence-electron chi connectivity index (χ4n) is 3.67. The summed E-state index contributed by atoms with van der Waals surface area (Å²) in [6, 6.07) is 7.54. The summed E-state index contributed by atoms with van der Waals surface area (Å²) in [5.74, 6) is 0.0231. The summed E-state index contributed by atoms with van der Waals surface area (Å²) in [7, 11) is -2.55. The molecule has 168 valence electrons. The number of amides is 1. The molecule has 10 nitrogen and oxygen atoms in total. The van der Waals surface area contributed by atoms with Crippen LogP contribution >= 0.6 is 0 Å². The summed E-state index contributed by atoms with van der Waals surface area (Å²) >= 11 is 0. The number of aromatic amines is 2. The van der Waals surface area contributed by atoms with Gasteiger partial charge in [-0.15, -0.1) is 0 Å². The van der Waals surface area contributed by atoms with Gasteiger partial charge < -0.3 is 15.0 Å². The van der Waals surface area contributed by atoms with E-state index >= 15 is 0 Å². The van der Waals surface area contributed by atoms with Gasteiger partial charge in [0.2, 0.25) is 15.9 Å². The van der Waals surface area contributed by atoms with Gasteiger partial charge in [0.05, 0.1) is 13.0 Å². The molecule has 1 amide bonds. The maximum atomic E-state index is 13.0. The van der Waals surface area contributed by atoms with Gasteiger partial charge in [-0.1, -0.05) is 12.1 Å². The molecular weight excluding hydrogens is 424 g/mol. The third kappa shape index (κ3) is 5.23. The minimum Gasteiger partial charge on any atom is -0.497 e. The molecule has 1 aliphatic heterocycles. The van der Waals surface area contributed by atoms with E-state index in [1.807, 2.05) is 29.2 Å². The number of ether oxygens (including phenoxy) is 1. The predicted octanol–water partition coefficient (Wildman–Crippen LogP) is 0.140. The number of carbonyl (C=O) groups excluding carboxylic acids is 1. The van der Waals surface area contributed by atoms with E-state index < -0.39 is 32.1 Å². The number of aryl methyl sites for hydroxylation is 1. The van der Waals surface area contributed by atoms with Crippen LogP contribution in [0.25, 0.3) is 0 Å². The number of rotatable bonds is 7. The van der Waals surface area contributed by atoms with Gasteiger partial charge in [-0.3, -0.25) is 14.6 Å². The first-order chi connectivity index (χ1) is 14.7. The number of benzene rings is 1. The molecule has 11 heteroatoms. The highest BCUT2D eigenvalue weighted by Crippen LogP contribution is 2.23. The first kappa shape index (κ1) is 22.8. The Labute approximate surface area is 179 Å². The molecule has 1 aromatic carbocycles. The number of hydrogen-bond acceptors (Lipinski definition) is 6. The normalized spacial score (nSPS) is 17.3. The van der Waals surface area contributed by atoms with Crippen molar-refractivity contribution < 1.29 is 17.9 Å². The molecule has 1 atom stereocenters. The number of nitrogens with one attached hydrogen (secondary N) is 3. The van der Waals surface area contributed by atoms with Crippen molar-refractivity contribution in [2.45, 2.75) is 31.1 Å². The molecule has 1 aromatic heterocycles. The maximum absolute atomic E-state index is 13.0. The summed E-state index contributed by atoms with van der Waals surface area (Å²) < 4.78 is 32.3. The molecular formula is C20H26N4O6S. The zero-order valence-corrected chi connectivity index (χ0v) is 18.3. The zero-order valence-electron chi connectivity index (χ0n) is 17.4. The Balaban J connectivity index is 1.63. The van der Waals surface area contributed by atoms with Crippen LogP contribution in [-0.2, 0) is 21.2 Å². The molecule has 3 N–H and O–H groups in total. The molecule has 1 fully saturated rings. The standard InChI is InChI=1S/C20H26N4O6S/c1-13-17(19(26)23-20(27)22-13)31(28,29)24-11-3-4-15(12-24)18(25)21-10-9-14-5-7-16(30-2)8-6-14/h5-8,15H,3-4,9-12H2,1-2H3,(H,21,25)(H2,22,23,26,27)/t15-/m1/s1. The van der Waals surface area contributed by atoms with Gasteiger partial charge in [0.25, 0.3) is 5.56 Å². The summed E-state index contributed by atoms with van der Waals surface area (Å²) in [6.07, 6.45) is 1.69. The van der Waals surface area contributed by atoms with Crippen molar-refractivity contribution in [3.63, 3.8) is 0 Å². The lowest BCUT2D eigenvalue weighted by molar-refractivity contribution is -0.126. The second-order valence-corrected chi connectivity index (χ2v) is 9.33. The number of methoxy groups -OCH3 is 1. The molecule has 2 aromatic rings. The SMILES string of the molecule is COc1ccc(CCNC(=O)[C@@H]2CCCN(S(=O)(=O)c3c(C)[nH]c(=O)[nH]c3=O)C2)cc1. The topological polar surface area (TPSA) is 141 Å². The number of sulfonamides is 1. The minimum atomic E-state index is -4.15. The Morgan fingerprint density at radius 2 is 1.94 bits per heavy atom. The largest absolute Gasteiger partial charge is 0.497 e. The fourth-order valence-corrected chi connectivity index (χ4v) is 5.40. The van der Waals surface area contributed by atoms with Gasteiger partial charge >= 0.3 is 5.69 Å². The number of H-pyrrole nitrogens is 2. The lowest BCUT2D eigenvalue weighted by Gasteiger charge is -2.31. The zero-order chi connectivity index (χ0) is 22.6. The Morgan fingerprint density at radius 1 is 1.23 bits per heavy atom. The molecule has 0 bridgehead atoms. The van der Waals surface area contributed by atoms with Crippen LogP contribution in [0.5, 0.6) is 5.75 Å². The lowest BCUT2D eigenvalue weighted by atomic mass is 9.99. The number of aromatic nitrogens is 2. The number of nitrogens with zero attached hydrogens (tertiary/aromatic N) is 1. The summed E-state index contributed by atoms with van der Waals surface area (Å²) in [6.45, 7) is 1.97. The molecule has 0 aliphatic carbocycles. The van der Waals surface area contributed by atoms with Crippen LogP contribution in [0.2, 0.25) is 0 Å². The van der Waals surface area contributed by atoms with Gasteiger partial charge in [-0.2, -0.15) is 4.31 Å². The van der Waals surface area contributed by atoms with E-state index in [0.29, 0.717) is 25.8 Å². The van der Waals surface area contributed by atoms with E-state index in [1.54, 1.807) is 7.11 Å². The molecule has 31 heavy (non-hydrogen) atoms. The summed E-state index contributed by atoms with van der Waals surface area (Å²) in [5.41, 5.74) is -0.719. The van der Waals surface area contributed by atoms with Crippen molar-refractivity contribution in [2.24, 2.45) is 5.92 Å². The Morgan fingerprint density at radius 3 is 2.58 bits per heavy atom. The molecule has 0 saturated carbocycles. The molecule has 3 rings (SSSR count). The molecule has 0 unspecified atom stereocenters. The van der Waals surface area contributed by atoms with Crippen molar-refractivity contribution in [3.8, 4) is 5.75 Å². The maximum Gasteiger partial charge on any atom is 0.325 e. The average molecular weight is 451 g/mol. The number of carbonyl (C=O) groups is 1. The van der Waals surface area contributed by atoms with Gasteiger partial charge in [0, 0.05) is 25.3 Å². The van der Waals surface area contributed by atoms with Crippen molar-refractivity contribution >= 4 is 15.9 Å². The fraction of sp³-hybridized carbons (Fsp3) is 0.450. The third-order valence-corrected chi connectivity index (χ3v) is 7.32. The third-order valence-electron chi connectivity index (χ3n) is 5.30. The number of hydrogen-bond donors (Lipinski definition) is 3. The van der Waals surface area contributed by atoms with Gasteiger partial charge in [-0.25, -0.2) is 13.2 Å². The van der Waals surface area contributed by atoms with Crippen LogP contribution in [0.3, 0.4) is 0 Å². The first-order valence-corrected chi connectivity index (χ1v) is 11.4. The van der Waals surface area contributed by atoms with Gasteiger partial charge in [0.15, 0.2) is 4.90 Å². The molecule has 0 radical (unpaired) electrons. The highest BCUT2D eigenvalue weighted by atomic mass is 32.2. The lowest BCUT2D eigenvalue weighted by Crippen LogP contribution is -2.47. The predicted molar refractivity (Wildman–Crippen MR) is 114 cm³/mol. The molecule has 1 saturated heterocycles. The average Bonchev–Trinajstić information content (AvgIpc) is 2.73. The second kappa shape index (κ2) is 9.48. The monoisotopic (exact) mass is 450 g/mol. The van der Waals surface area contributed by atoms with Crippen molar-refractivity contribution in [1.29, 1.82) is 0 Å². The smallest absolute Gasteiger partial charge is 0.325 e. The highest BCUT2D eigenvalue weighted by molar-refractivity contribution is 7.89. The van der Waals surface area contributed by atoms with E-state index in [2.05, 4.69) is 10.3 Å². The van der Waals surface area contributed by atoms with Gasteiger partial charge in [-0.05, 0) is 43.9 Å². The summed E-state index contributed by atoms with van der Waals surface area (Å²) in [5, 5.41) is 2.86. The Kier molecular flexibility index (Phi) is 6.96. The van der Waals surface area contributed by atoms with Crippen LogP contribution in [0.4, 0.5) is 0 Å².